The number of para-hydroxylation sites is 1. The summed E-state index contributed by atoms with van der Waals surface area (Å²) in [5.74, 6) is 0.769. The highest BCUT2D eigenvalue weighted by atomic mass is 16.5. The van der Waals surface area contributed by atoms with E-state index in [0.717, 1.165) is 0 Å². The first kappa shape index (κ1) is 12.9. The van der Waals surface area contributed by atoms with Crippen LogP contribution in [0.15, 0.2) is 41.1 Å². The van der Waals surface area contributed by atoms with E-state index in [1.54, 1.807) is 30.3 Å². The van der Waals surface area contributed by atoms with Gasteiger partial charge in [-0.05, 0) is 24.3 Å². The summed E-state index contributed by atoms with van der Waals surface area (Å²) in [6.07, 6.45) is 1.51. The summed E-state index contributed by atoms with van der Waals surface area (Å²) in [4.78, 5) is 8.33. The van der Waals surface area contributed by atoms with Gasteiger partial charge in [0.15, 0.2) is 11.5 Å². The van der Waals surface area contributed by atoms with Gasteiger partial charge in [-0.2, -0.15) is 4.98 Å². The van der Waals surface area contributed by atoms with Crippen LogP contribution in [0.1, 0.15) is 0 Å². The van der Waals surface area contributed by atoms with Crippen LogP contribution < -0.4 is 10.5 Å². The number of phenols is 1. The van der Waals surface area contributed by atoms with Crippen LogP contribution in [0, 0.1) is 0 Å². The Morgan fingerprint density at radius 2 is 2.10 bits per heavy atom. The van der Waals surface area contributed by atoms with Crippen molar-refractivity contribution in [3.05, 3.63) is 36.5 Å². The van der Waals surface area contributed by atoms with Gasteiger partial charge in [0, 0.05) is 0 Å². The van der Waals surface area contributed by atoms with Gasteiger partial charge in [-0.1, -0.05) is 11.2 Å². The van der Waals surface area contributed by atoms with Gasteiger partial charge in [0.25, 0.3) is 5.89 Å². The largest absolute Gasteiger partial charge is 0.504 e. The van der Waals surface area contributed by atoms with Crippen molar-refractivity contribution in [1.29, 1.82) is 0 Å². The second-order valence-electron chi connectivity index (χ2n) is 4.26. The van der Waals surface area contributed by atoms with Crippen molar-refractivity contribution in [2.75, 3.05) is 12.8 Å². The van der Waals surface area contributed by atoms with Crippen LogP contribution in [-0.2, 0) is 0 Å². The Hall–Kier alpha value is -3.09. The maximum absolute atomic E-state index is 10.1. The second kappa shape index (κ2) is 5.12. The first-order chi connectivity index (χ1) is 10.2. The molecule has 2 aromatic heterocycles. The molecular weight excluding hydrogens is 272 g/mol. The third-order valence-corrected chi connectivity index (χ3v) is 2.89. The summed E-state index contributed by atoms with van der Waals surface area (Å²) in [5.41, 5.74) is 7.05. The van der Waals surface area contributed by atoms with Crippen LogP contribution in [0.2, 0.25) is 0 Å². The van der Waals surface area contributed by atoms with E-state index in [9.17, 15) is 5.11 Å². The molecule has 0 saturated heterocycles. The van der Waals surface area contributed by atoms with Crippen LogP contribution in [0.5, 0.6) is 11.5 Å². The normalized spacial score (nSPS) is 10.5. The number of hydrogen-bond acceptors (Lipinski definition) is 7. The predicted molar refractivity (Wildman–Crippen MR) is 75.6 cm³/mol. The first-order valence-corrected chi connectivity index (χ1v) is 6.11. The number of rotatable bonds is 3. The van der Waals surface area contributed by atoms with Gasteiger partial charge in [-0.25, -0.2) is 0 Å². The molecule has 0 spiro atoms. The molecule has 3 rings (SSSR count). The molecule has 0 saturated carbocycles. The number of nitrogens with two attached hydrogens (primary N) is 1. The molecule has 7 nitrogen and oxygen atoms in total. The number of benzene rings is 1. The topological polar surface area (TPSA) is 107 Å². The number of nitrogen functional groups attached to an aromatic ring is 1. The Bertz CT molecular complexity index is 768. The van der Waals surface area contributed by atoms with Crippen LogP contribution in [0.4, 0.5) is 5.69 Å². The zero-order chi connectivity index (χ0) is 14.8. The third kappa shape index (κ3) is 2.36. The highest BCUT2D eigenvalue weighted by Crippen LogP contribution is 2.36. The van der Waals surface area contributed by atoms with E-state index >= 15 is 0 Å². The quantitative estimate of drug-likeness (QED) is 0.758. The smallest absolute Gasteiger partial charge is 0.262 e. The summed E-state index contributed by atoms with van der Waals surface area (Å²) < 4.78 is 10.2. The minimum absolute atomic E-state index is 0.0551. The number of ether oxygens (including phenoxy) is 1. The number of pyridine rings is 1. The van der Waals surface area contributed by atoms with Gasteiger partial charge in [0.05, 0.1) is 24.6 Å². The van der Waals surface area contributed by atoms with Crippen molar-refractivity contribution in [1.82, 2.24) is 15.1 Å². The lowest BCUT2D eigenvalue weighted by Gasteiger charge is -2.04. The molecule has 106 valence electrons. The number of hydrogen-bond donors (Lipinski definition) is 2. The van der Waals surface area contributed by atoms with E-state index < -0.39 is 0 Å². The lowest BCUT2D eigenvalue weighted by molar-refractivity contribution is 0.371. The van der Waals surface area contributed by atoms with Gasteiger partial charge >= 0.3 is 0 Å². The molecule has 21 heavy (non-hydrogen) atoms. The minimum Gasteiger partial charge on any atom is -0.504 e. The molecule has 0 amide bonds. The fraction of sp³-hybridized carbons (Fsp3) is 0.0714. The molecule has 0 aliphatic carbocycles. The molecule has 3 aromatic rings. The second-order valence-corrected chi connectivity index (χ2v) is 4.26. The Labute approximate surface area is 120 Å². The lowest BCUT2D eigenvalue weighted by Crippen LogP contribution is -1.89. The first-order valence-electron chi connectivity index (χ1n) is 6.11. The van der Waals surface area contributed by atoms with E-state index in [1.807, 2.05) is 0 Å². The molecule has 0 fully saturated rings. The number of aromatic nitrogens is 3. The lowest BCUT2D eigenvalue weighted by atomic mass is 10.2. The van der Waals surface area contributed by atoms with Gasteiger partial charge in [-0.15, -0.1) is 0 Å². The third-order valence-electron chi connectivity index (χ3n) is 2.89. The van der Waals surface area contributed by atoms with Gasteiger partial charge in [-0.3, -0.25) is 4.98 Å². The van der Waals surface area contributed by atoms with Crippen molar-refractivity contribution in [3.63, 3.8) is 0 Å². The maximum Gasteiger partial charge on any atom is 0.262 e. The van der Waals surface area contributed by atoms with E-state index in [-0.39, 0.29) is 11.6 Å². The molecule has 0 atom stereocenters. The molecule has 2 heterocycles. The van der Waals surface area contributed by atoms with E-state index in [1.165, 1.54) is 13.3 Å². The van der Waals surface area contributed by atoms with Crippen molar-refractivity contribution in [2.24, 2.45) is 0 Å². The highest BCUT2D eigenvalue weighted by Gasteiger charge is 2.17. The average molecular weight is 284 g/mol. The van der Waals surface area contributed by atoms with Crippen molar-refractivity contribution in [2.45, 2.75) is 0 Å². The summed E-state index contributed by atoms with van der Waals surface area (Å²) >= 11 is 0. The Morgan fingerprint density at radius 1 is 1.24 bits per heavy atom. The van der Waals surface area contributed by atoms with E-state index in [4.69, 9.17) is 15.0 Å². The van der Waals surface area contributed by atoms with Crippen LogP contribution >= 0.6 is 0 Å². The predicted octanol–water partition coefficient (Wildman–Crippen LogP) is 2.09. The number of anilines is 1. The Balaban J connectivity index is 2.00. The van der Waals surface area contributed by atoms with Gasteiger partial charge in [0.1, 0.15) is 5.69 Å². The van der Waals surface area contributed by atoms with Crippen molar-refractivity contribution >= 4 is 5.69 Å². The molecule has 0 radical (unpaired) electrons. The van der Waals surface area contributed by atoms with Gasteiger partial charge < -0.3 is 20.1 Å². The SMILES string of the molecule is COc1cccc(-c2nc(-c3ccc(N)cn3)no2)c1O. The molecular formula is C14H12N4O3. The average Bonchev–Trinajstić information content (AvgIpc) is 2.98. The summed E-state index contributed by atoms with van der Waals surface area (Å²) in [5, 5.41) is 13.9. The van der Waals surface area contributed by atoms with E-state index in [2.05, 4.69) is 15.1 Å². The molecule has 0 bridgehead atoms. The van der Waals surface area contributed by atoms with Crippen LogP contribution in [-0.4, -0.2) is 27.3 Å². The fourth-order valence-electron chi connectivity index (χ4n) is 1.83. The number of nitrogens with zero attached hydrogens (tertiary/aromatic N) is 3. The standard InChI is InChI=1S/C14H12N4O3/c1-20-11-4-2-3-9(12(11)19)14-17-13(18-21-14)10-6-5-8(15)7-16-10/h2-7,19H,15H2,1H3. The van der Waals surface area contributed by atoms with Crippen LogP contribution in [0.3, 0.4) is 0 Å². The molecule has 3 N–H and O–H groups in total. The van der Waals surface area contributed by atoms with Crippen LogP contribution in [0.25, 0.3) is 23.0 Å². The zero-order valence-corrected chi connectivity index (χ0v) is 11.1. The number of methoxy groups -OCH3 is 1. The monoisotopic (exact) mass is 284 g/mol. The molecule has 7 heteroatoms. The summed E-state index contributed by atoms with van der Waals surface area (Å²) in [7, 11) is 1.47. The van der Waals surface area contributed by atoms with E-state index in [0.29, 0.717) is 28.5 Å². The van der Waals surface area contributed by atoms with Gasteiger partial charge in [0.2, 0.25) is 5.82 Å². The fourth-order valence-corrected chi connectivity index (χ4v) is 1.83. The van der Waals surface area contributed by atoms with Crippen molar-refractivity contribution in [3.8, 4) is 34.5 Å². The number of phenolic OH excluding ortho intramolecular Hbond substituents is 1. The van der Waals surface area contributed by atoms with Crippen molar-refractivity contribution < 1.29 is 14.4 Å². The molecule has 0 aliphatic rings. The summed E-state index contributed by atoms with van der Waals surface area (Å²) in [6, 6.07) is 8.40. The highest BCUT2D eigenvalue weighted by molar-refractivity contribution is 5.68. The Morgan fingerprint density at radius 3 is 2.81 bits per heavy atom. The summed E-state index contributed by atoms with van der Waals surface area (Å²) in [6.45, 7) is 0. The molecule has 0 unspecified atom stereocenters. The Kier molecular flexibility index (Phi) is 3.15. The maximum atomic E-state index is 10.1. The minimum atomic E-state index is -0.0551. The number of aromatic hydroxyl groups is 1. The molecule has 0 aliphatic heterocycles. The zero-order valence-electron chi connectivity index (χ0n) is 11.1. The molecule has 1 aromatic carbocycles.